The van der Waals surface area contributed by atoms with Crippen molar-refractivity contribution in [2.45, 2.75) is 82.6 Å². The highest BCUT2D eigenvalue weighted by molar-refractivity contribution is 5.80. The molecule has 1 aromatic carbocycles. The van der Waals surface area contributed by atoms with Crippen molar-refractivity contribution < 1.29 is 5.11 Å². The minimum atomic E-state index is -0.0896. The Morgan fingerprint density at radius 2 is 1.77 bits per heavy atom. The molecule has 172 valence electrons. The van der Waals surface area contributed by atoms with Crippen LogP contribution in [-0.4, -0.2) is 77.8 Å². The molecular weight excluding hydrogens is 386 g/mol. The lowest BCUT2D eigenvalue weighted by Gasteiger charge is -2.39. The van der Waals surface area contributed by atoms with Crippen molar-refractivity contribution >= 4 is 5.96 Å². The molecule has 4 rings (SSSR count). The second kappa shape index (κ2) is 11.3. The first kappa shape index (κ1) is 22.6. The number of hydrogen-bond acceptors (Lipinski definition) is 4. The van der Waals surface area contributed by atoms with Gasteiger partial charge in [-0.05, 0) is 64.0 Å². The van der Waals surface area contributed by atoms with Crippen LogP contribution < -0.4 is 10.6 Å². The summed E-state index contributed by atoms with van der Waals surface area (Å²) in [6, 6.07) is 12.8. The molecule has 3 N–H and O–H groups in total. The van der Waals surface area contributed by atoms with Gasteiger partial charge < -0.3 is 20.6 Å². The van der Waals surface area contributed by atoms with Crippen molar-refractivity contribution in [1.29, 1.82) is 0 Å². The SMILES string of the molecule is CCNC(=NCCCN1CCC(O)CC1)NC1CC2CCC(C1)N2Cc1ccccc1. The standard InChI is InChI=1S/C25H41N5O/c1-2-26-25(27-13-6-14-29-15-11-24(31)12-16-29)28-21-17-22-9-10-23(18-21)30(22)19-20-7-4-3-5-8-20/h3-5,7-8,21-24,31H,2,6,9-19H2,1H3,(H2,26,27,28). The number of benzene rings is 1. The number of aliphatic hydroxyl groups is 1. The molecule has 1 aromatic rings. The highest BCUT2D eigenvalue weighted by Gasteiger charge is 2.40. The Hall–Kier alpha value is -1.63. The molecule has 3 fully saturated rings. The Morgan fingerprint density at radius 1 is 1.06 bits per heavy atom. The number of aliphatic hydroxyl groups excluding tert-OH is 1. The minimum absolute atomic E-state index is 0.0896. The van der Waals surface area contributed by atoms with E-state index >= 15 is 0 Å². The van der Waals surface area contributed by atoms with Gasteiger partial charge in [-0.2, -0.15) is 0 Å². The first-order chi connectivity index (χ1) is 15.2. The molecule has 3 aliphatic heterocycles. The number of hydrogen-bond donors (Lipinski definition) is 3. The van der Waals surface area contributed by atoms with Crippen molar-refractivity contribution in [3.8, 4) is 0 Å². The van der Waals surface area contributed by atoms with E-state index in [2.05, 4.69) is 57.7 Å². The van der Waals surface area contributed by atoms with Crippen LogP contribution in [0.2, 0.25) is 0 Å². The second-order valence-corrected chi connectivity index (χ2v) is 9.54. The fourth-order valence-corrected chi connectivity index (χ4v) is 5.59. The van der Waals surface area contributed by atoms with Gasteiger partial charge in [-0.25, -0.2) is 0 Å². The van der Waals surface area contributed by atoms with Crippen LogP contribution in [0.15, 0.2) is 35.3 Å². The van der Waals surface area contributed by atoms with Gasteiger partial charge in [0.25, 0.3) is 0 Å². The van der Waals surface area contributed by atoms with Gasteiger partial charge in [0.2, 0.25) is 0 Å². The van der Waals surface area contributed by atoms with Gasteiger partial charge in [-0.1, -0.05) is 30.3 Å². The van der Waals surface area contributed by atoms with Crippen LogP contribution >= 0.6 is 0 Å². The molecular formula is C25H41N5O. The fraction of sp³-hybridized carbons (Fsp3) is 0.720. The van der Waals surface area contributed by atoms with Crippen molar-refractivity contribution in [3.63, 3.8) is 0 Å². The Morgan fingerprint density at radius 3 is 2.45 bits per heavy atom. The summed E-state index contributed by atoms with van der Waals surface area (Å²) < 4.78 is 0. The highest BCUT2D eigenvalue weighted by atomic mass is 16.3. The Balaban J connectivity index is 1.23. The first-order valence-corrected chi connectivity index (χ1v) is 12.5. The summed E-state index contributed by atoms with van der Waals surface area (Å²) in [5.74, 6) is 0.984. The highest BCUT2D eigenvalue weighted by Crippen LogP contribution is 2.36. The van der Waals surface area contributed by atoms with Crippen LogP contribution in [-0.2, 0) is 6.54 Å². The van der Waals surface area contributed by atoms with E-state index in [9.17, 15) is 5.11 Å². The molecule has 0 spiro atoms. The van der Waals surface area contributed by atoms with Crippen LogP contribution in [0.3, 0.4) is 0 Å². The number of likely N-dealkylation sites (tertiary alicyclic amines) is 1. The number of nitrogens with one attached hydrogen (secondary N) is 2. The van der Waals surface area contributed by atoms with E-state index in [0.29, 0.717) is 18.1 Å². The molecule has 0 saturated carbocycles. The largest absolute Gasteiger partial charge is 0.393 e. The predicted octanol–water partition coefficient (Wildman–Crippen LogP) is 2.58. The third kappa shape index (κ3) is 6.43. The average Bonchev–Trinajstić information content (AvgIpc) is 3.01. The van der Waals surface area contributed by atoms with Crippen molar-refractivity contribution in [2.75, 3.05) is 32.7 Å². The van der Waals surface area contributed by atoms with E-state index in [-0.39, 0.29) is 6.10 Å². The first-order valence-electron chi connectivity index (χ1n) is 12.5. The van der Waals surface area contributed by atoms with Crippen molar-refractivity contribution in [1.82, 2.24) is 20.4 Å². The topological polar surface area (TPSA) is 63.1 Å². The lowest BCUT2D eigenvalue weighted by Crippen LogP contribution is -2.52. The molecule has 3 aliphatic rings. The number of fused-ring (bicyclic) bond motifs is 2. The third-order valence-electron chi connectivity index (χ3n) is 7.24. The number of rotatable bonds is 8. The average molecular weight is 428 g/mol. The quantitative estimate of drug-likeness (QED) is 0.338. The molecule has 0 aromatic heterocycles. The van der Waals surface area contributed by atoms with Crippen LogP contribution in [0, 0.1) is 0 Å². The summed E-state index contributed by atoms with van der Waals surface area (Å²) in [5.41, 5.74) is 1.43. The van der Waals surface area contributed by atoms with Crippen LogP contribution in [0.1, 0.15) is 57.4 Å². The van der Waals surface area contributed by atoms with Gasteiger partial charge in [0.15, 0.2) is 5.96 Å². The smallest absolute Gasteiger partial charge is 0.191 e. The Labute approximate surface area is 188 Å². The summed E-state index contributed by atoms with van der Waals surface area (Å²) in [6.45, 7) is 8.11. The van der Waals surface area contributed by atoms with E-state index in [1.807, 2.05) is 0 Å². The van der Waals surface area contributed by atoms with Gasteiger partial charge in [0.05, 0.1) is 6.10 Å². The number of guanidine groups is 1. The predicted molar refractivity (Wildman–Crippen MR) is 127 cm³/mol. The van der Waals surface area contributed by atoms with E-state index in [1.54, 1.807) is 0 Å². The molecule has 31 heavy (non-hydrogen) atoms. The Kier molecular flexibility index (Phi) is 8.22. The molecule has 6 heteroatoms. The van der Waals surface area contributed by atoms with E-state index < -0.39 is 0 Å². The molecule has 0 aliphatic carbocycles. The van der Waals surface area contributed by atoms with Crippen LogP contribution in [0.25, 0.3) is 0 Å². The van der Waals surface area contributed by atoms with Gasteiger partial charge in [0, 0.05) is 50.8 Å². The molecule has 6 nitrogen and oxygen atoms in total. The van der Waals surface area contributed by atoms with Gasteiger partial charge >= 0.3 is 0 Å². The van der Waals surface area contributed by atoms with Gasteiger partial charge in [0.1, 0.15) is 0 Å². The summed E-state index contributed by atoms with van der Waals surface area (Å²) in [7, 11) is 0. The summed E-state index contributed by atoms with van der Waals surface area (Å²) in [6.07, 6.45) is 7.90. The zero-order valence-corrected chi connectivity index (χ0v) is 19.2. The molecule has 0 amide bonds. The minimum Gasteiger partial charge on any atom is -0.393 e. The summed E-state index contributed by atoms with van der Waals surface area (Å²) in [5, 5.41) is 16.9. The lowest BCUT2D eigenvalue weighted by atomic mass is 9.96. The van der Waals surface area contributed by atoms with Gasteiger partial charge in [-0.15, -0.1) is 0 Å². The number of piperidine rings is 2. The molecule has 3 saturated heterocycles. The van der Waals surface area contributed by atoms with Crippen molar-refractivity contribution in [2.24, 2.45) is 4.99 Å². The maximum atomic E-state index is 9.65. The molecule has 2 bridgehead atoms. The fourth-order valence-electron chi connectivity index (χ4n) is 5.59. The third-order valence-corrected chi connectivity index (χ3v) is 7.24. The number of aliphatic imine (C=N–C) groups is 1. The van der Waals surface area contributed by atoms with E-state index in [0.717, 1.165) is 64.5 Å². The molecule has 0 radical (unpaired) electrons. The van der Waals surface area contributed by atoms with Crippen LogP contribution in [0.5, 0.6) is 0 Å². The van der Waals surface area contributed by atoms with Crippen molar-refractivity contribution in [3.05, 3.63) is 35.9 Å². The lowest BCUT2D eigenvalue weighted by molar-refractivity contribution is 0.0824. The zero-order chi connectivity index (χ0) is 21.5. The monoisotopic (exact) mass is 427 g/mol. The maximum absolute atomic E-state index is 9.65. The molecule has 3 heterocycles. The second-order valence-electron chi connectivity index (χ2n) is 9.54. The Bertz CT molecular complexity index is 674. The van der Waals surface area contributed by atoms with E-state index in [4.69, 9.17) is 4.99 Å². The number of nitrogens with zero attached hydrogens (tertiary/aromatic N) is 3. The maximum Gasteiger partial charge on any atom is 0.191 e. The summed E-state index contributed by atoms with van der Waals surface area (Å²) >= 11 is 0. The summed E-state index contributed by atoms with van der Waals surface area (Å²) in [4.78, 5) is 10.1. The van der Waals surface area contributed by atoms with Crippen LogP contribution in [0.4, 0.5) is 0 Å². The normalized spacial score (nSPS) is 28.1. The molecule has 2 unspecified atom stereocenters. The molecule has 2 atom stereocenters. The van der Waals surface area contributed by atoms with E-state index in [1.165, 1.54) is 31.2 Å². The zero-order valence-electron chi connectivity index (χ0n) is 19.2. The van der Waals surface area contributed by atoms with Gasteiger partial charge in [-0.3, -0.25) is 9.89 Å².